The predicted octanol–water partition coefficient (Wildman–Crippen LogP) is 1.76. The van der Waals surface area contributed by atoms with E-state index >= 15 is 0 Å². The molecule has 1 aliphatic rings. The molecular weight excluding hydrogens is 372 g/mol. The minimum absolute atomic E-state index is 0.131. The van der Waals surface area contributed by atoms with Gasteiger partial charge in [-0.1, -0.05) is 30.0 Å². The summed E-state index contributed by atoms with van der Waals surface area (Å²) in [6.07, 6.45) is -0.930. The van der Waals surface area contributed by atoms with Gasteiger partial charge in [0.05, 0.1) is 5.52 Å². The number of likely N-dealkylation sites (tertiary alicyclic amines) is 1. The van der Waals surface area contributed by atoms with E-state index in [2.05, 4.69) is 16.9 Å². The molecule has 1 fully saturated rings. The summed E-state index contributed by atoms with van der Waals surface area (Å²) < 4.78 is 0.840. The zero-order valence-corrected chi connectivity index (χ0v) is 15.6. The molecule has 146 valence electrons. The zero-order valence-electron chi connectivity index (χ0n) is 15.6. The van der Waals surface area contributed by atoms with Crippen molar-refractivity contribution in [3.63, 3.8) is 0 Å². The molecule has 1 saturated heterocycles. The molecule has 0 spiro atoms. The number of likely N-dealkylation sites (N-methyl/N-ethyl adjacent to an activating group) is 1. The fourth-order valence-corrected chi connectivity index (χ4v) is 3.39. The van der Waals surface area contributed by atoms with E-state index in [9.17, 15) is 19.8 Å². The lowest BCUT2D eigenvalue weighted by atomic mass is 10.00. The summed E-state index contributed by atoms with van der Waals surface area (Å²) in [5.74, 6) is 5.33. The van der Waals surface area contributed by atoms with E-state index in [4.69, 9.17) is 5.73 Å². The van der Waals surface area contributed by atoms with Crippen LogP contribution in [0.4, 0.5) is 10.6 Å². The van der Waals surface area contributed by atoms with Crippen LogP contribution in [-0.2, 0) is 4.79 Å². The first-order valence-electron chi connectivity index (χ1n) is 8.91. The number of benzene rings is 2. The molecule has 29 heavy (non-hydrogen) atoms. The highest BCUT2D eigenvalue weighted by Crippen LogP contribution is 2.28. The number of rotatable bonds is 1. The number of amides is 1. The Balaban J connectivity index is 1.70. The number of carbonyl (C=O) groups excluding carboxylic acids is 1. The van der Waals surface area contributed by atoms with Crippen molar-refractivity contribution in [2.45, 2.75) is 12.0 Å². The molecule has 2 aromatic carbocycles. The first kappa shape index (κ1) is 18.5. The number of hydrogen-bond donors (Lipinski definition) is 3. The number of aliphatic hydroxyl groups is 1. The van der Waals surface area contributed by atoms with Gasteiger partial charge >= 0.3 is 6.09 Å². The maximum Gasteiger partial charge on any atom is 0.432 e. The summed E-state index contributed by atoms with van der Waals surface area (Å²) >= 11 is 0. The number of nitrogen functional groups attached to an aromatic ring is 1. The Kier molecular flexibility index (Phi) is 4.25. The molecule has 1 aliphatic heterocycles. The van der Waals surface area contributed by atoms with Crippen molar-refractivity contribution < 1.29 is 19.8 Å². The molecule has 1 unspecified atom stereocenters. The van der Waals surface area contributed by atoms with Gasteiger partial charge in [0, 0.05) is 31.0 Å². The molecular formula is C21H18N4O4. The third-order valence-electron chi connectivity index (χ3n) is 5.01. The second kappa shape index (κ2) is 6.65. The van der Waals surface area contributed by atoms with E-state index in [-0.39, 0.29) is 12.2 Å². The zero-order chi connectivity index (χ0) is 20.8. The highest BCUT2D eigenvalue weighted by molar-refractivity contribution is 5.97. The van der Waals surface area contributed by atoms with E-state index < -0.39 is 17.6 Å². The van der Waals surface area contributed by atoms with Crippen LogP contribution in [0.5, 0.6) is 0 Å². The third-order valence-corrected chi connectivity index (χ3v) is 5.01. The van der Waals surface area contributed by atoms with Crippen molar-refractivity contribution in [1.82, 2.24) is 14.7 Å². The van der Waals surface area contributed by atoms with Gasteiger partial charge in [-0.25, -0.2) is 4.79 Å². The average molecular weight is 390 g/mol. The molecule has 4 N–H and O–H groups in total. The smallest absolute Gasteiger partial charge is 0.432 e. The normalized spacial score (nSPS) is 18.7. The second-order valence-electron chi connectivity index (χ2n) is 6.98. The van der Waals surface area contributed by atoms with Gasteiger partial charge in [0.2, 0.25) is 5.60 Å². The summed E-state index contributed by atoms with van der Waals surface area (Å²) in [5.41, 5.74) is 6.92. The maximum atomic E-state index is 12.1. The third kappa shape index (κ3) is 3.17. The van der Waals surface area contributed by atoms with Gasteiger partial charge in [0.15, 0.2) is 5.82 Å². The lowest BCUT2D eigenvalue weighted by molar-refractivity contribution is -0.137. The van der Waals surface area contributed by atoms with Crippen LogP contribution < -0.4 is 5.73 Å². The van der Waals surface area contributed by atoms with Gasteiger partial charge in [-0.2, -0.15) is 4.68 Å². The van der Waals surface area contributed by atoms with E-state index in [0.29, 0.717) is 23.0 Å². The van der Waals surface area contributed by atoms with Crippen LogP contribution in [0.2, 0.25) is 0 Å². The number of hydrogen-bond acceptors (Lipinski definition) is 5. The minimum Gasteiger partial charge on any atom is -0.463 e. The van der Waals surface area contributed by atoms with E-state index in [1.807, 2.05) is 18.2 Å². The number of fused-ring (bicyclic) bond motifs is 1. The lowest BCUT2D eigenvalue weighted by Gasteiger charge is -2.13. The summed E-state index contributed by atoms with van der Waals surface area (Å²) in [6.45, 7) is 0.468. The highest BCUT2D eigenvalue weighted by atomic mass is 16.4. The van der Waals surface area contributed by atoms with Crippen LogP contribution >= 0.6 is 0 Å². The first-order valence-corrected chi connectivity index (χ1v) is 8.91. The monoisotopic (exact) mass is 390 g/mol. The van der Waals surface area contributed by atoms with Crippen molar-refractivity contribution in [2.24, 2.45) is 0 Å². The second-order valence-corrected chi connectivity index (χ2v) is 6.98. The van der Waals surface area contributed by atoms with Gasteiger partial charge in [-0.05, 0) is 35.4 Å². The van der Waals surface area contributed by atoms with Gasteiger partial charge in [-0.15, -0.1) is 5.10 Å². The number of nitrogens with two attached hydrogens (primary N) is 1. The molecule has 8 nitrogen and oxygen atoms in total. The molecule has 1 aromatic heterocycles. The van der Waals surface area contributed by atoms with Crippen LogP contribution in [0.1, 0.15) is 12.0 Å². The molecule has 0 radical (unpaired) electrons. The summed E-state index contributed by atoms with van der Waals surface area (Å²) in [4.78, 5) is 24.8. The highest BCUT2D eigenvalue weighted by Gasteiger charge is 2.42. The molecule has 3 aromatic rings. The van der Waals surface area contributed by atoms with Crippen molar-refractivity contribution in [2.75, 3.05) is 19.3 Å². The number of aromatic nitrogens is 2. The van der Waals surface area contributed by atoms with Gasteiger partial charge in [0.25, 0.3) is 5.91 Å². The Morgan fingerprint density at radius 3 is 2.69 bits per heavy atom. The molecule has 0 saturated carbocycles. The van der Waals surface area contributed by atoms with Crippen LogP contribution in [0.25, 0.3) is 22.0 Å². The lowest BCUT2D eigenvalue weighted by Crippen LogP contribution is -2.37. The van der Waals surface area contributed by atoms with Crippen LogP contribution in [0, 0.1) is 11.8 Å². The van der Waals surface area contributed by atoms with E-state index in [1.54, 1.807) is 31.3 Å². The molecule has 8 heteroatoms. The predicted molar refractivity (Wildman–Crippen MR) is 107 cm³/mol. The average Bonchev–Trinajstić information content (AvgIpc) is 3.18. The Labute approximate surface area is 166 Å². The molecule has 4 rings (SSSR count). The fourth-order valence-electron chi connectivity index (χ4n) is 3.39. The largest absolute Gasteiger partial charge is 0.463 e. The summed E-state index contributed by atoms with van der Waals surface area (Å²) in [5, 5.41) is 24.0. The maximum absolute atomic E-state index is 12.1. The minimum atomic E-state index is -1.65. The number of carboxylic acid groups (broad SMARTS) is 1. The van der Waals surface area contributed by atoms with E-state index in [0.717, 1.165) is 15.8 Å². The van der Waals surface area contributed by atoms with Crippen molar-refractivity contribution in [3.05, 3.63) is 48.0 Å². The van der Waals surface area contributed by atoms with Crippen LogP contribution in [0.15, 0.2) is 42.5 Å². The van der Waals surface area contributed by atoms with Crippen molar-refractivity contribution in [3.8, 4) is 23.0 Å². The Morgan fingerprint density at radius 2 is 2.00 bits per heavy atom. The number of anilines is 1. The first-order chi connectivity index (χ1) is 13.8. The Morgan fingerprint density at radius 1 is 1.24 bits per heavy atom. The quantitative estimate of drug-likeness (QED) is 0.544. The standard InChI is InChI=1S/C21H18N4O4/c1-24-10-9-21(29,19(24)26)8-7-13-3-2-4-14(11-13)15-5-6-17-16(12-15)18(22)23-25(17)20(27)28/h2-6,11-12,29H,9-10H2,1H3,(H2,22,23)(H,27,28). The molecule has 2 heterocycles. The van der Waals surface area contributed by atoms with Crippen molar-refractivity contribution >= 4 is 28.7 Å². The molecule has 1 atom stereocenters. The van der Waals surface area contributed by atoms with Crippen molar-refractivity contribution in [1.29, 1.82) is 0 Å². The molecule has 1 amide bonds. The number of nitrogens with zero attached hydrogens (tertiary/aromatic N) is 3. The summed E-state index contributed by atoms with van der Waals surface area (Å²) in [7, 11) is 1.64. The van der Waals surface area contributed by atoms with Gasteiger partial charge < -0.3 is 20.8 Å². The molecule has 0 bridgehead atoms. The topological polar surface area (TPSA) is 122 Å². The van der Waals surface area contributed by atoms with Gasteiger partial charge in [0.1, 0.15) is 0 Å². The Hall–Kier alpha value is -3.83. The number of carbonyl (C=O) groups is 2. The van der Waals surface area contributed by atoms with E-state index in [1.165, 1.54) is 4.90 Å². The SMILES string of the molecule is CN1CCC(O)(C#Cc2cccc(-c3ccc4c(c3)c(N)nn4C(=O)O)c2)C1=O. The van der Waals surface area contributed by atoms with Crippen LogP contribution in [0.3, 0.4) is 0 Å². The van der Waals surface area contributed by atoms with Gasteiger partial charge in [-0.3, -0.25) is 4.79 Å². The molecule has 0 aliphatic carbocycles. The Bertz CT molecular complexity index is 1220. The van der Waals surface area contributed by atoms with Crippen LogP contribution in [-0.4, -0.2) is 56.1 Å². The fraction of sp³-hybridized carbons (Fsp3) is 0.190. The summed E-state index contributed by atoms with van der Waals surface area (Å²) in [6, 6.07) is 12.5.